The Morgan fingerprint density at radius 1 is 1.32 bits per heavy atom. The van der Waals surface area contributed by atoms with Crippen LogP contribution in [-0.4, -0.2) is 23.2 Å². The summed E-state index contributed by atoms with van der Waals surface area (Å²) in [5.74, 6) is -1.03. The SMILES string of the molecule is Nc1c(F)cccc1C(=O)NC1CCCCCC1O. The summed E-state index contributed by atoms with van der Waals surface area (Å²) in [6.45, 7) is 0. The predicted octanol–water partition coefficient (Wildman–Crippen LogP) is 1.83. The minimum atomic E-state index is -0.603. The van der Waals surface area contributed by atoms with Gasteiger partial charge in [0.15, 0.2) is 0 Å². The molecule has 19 heavy (non-hydrogen) atoms. The van der Waals surface area contributed by atoms with Crippen molar-refractivity contribution in [1.82, 2.24) is 5.32 Å². The molecule has 0 saturated heterocycles. The second kappa shape index (κ2) is 6.02. The van der Waals surface area contributed by atoms with Crippen LogP contribution in [-0.2, 0) is 0 Å². The highest BCUT2D eigenvalue weighted by molar-refractivity contribution is 5.99. The van der Waals surface area contributed by atoms with E-state index in [9.17, 15) is 14.3 Å². The van der Waals surface area contributed by atoms with E-state index in [0.29, 0.717) is 6.42 Å². The van der Waals surface area contributed by atoms with Crippen LogP contribution in [0.1, 0.15) is 42.5 Å². The number of halogens is 1. The molecule has 0 aliphatic heterocycles. The quantitative estimate of drug-likeness (QED) is 0.564. The van der Waals surface area contributed by atoms with Gasteiger partial charge in [0.2, 0.25) is 0 Å². The van der Waals surface area contributed by atoms with Crippen LogP contribution in [0.2, 0.25) is 0 Å². The summed E-state index contributed by atoms with van der Waals surface area (Å²) in [6, 6.07) is 3.87. The molecule has 1 saturated carbocycles. The van der Waals surface area contributed by atoms with E-state index in [4.69, 9.17) is 5.73 Å². The number of benzene rings is 1. The zero-order valence-electron chi connectivity index (χ0n) is 10.7. The van der Waals surface area contributed by atoms with Gasteiger partial charge < -0.3 is 16.2 Å². The summed E-state index contributed by atoms with van der Waals surface area (Å²) in [7, 11) is 0. The summed E-state index contributed by atoms with van der Waals surface area (Å²) >= 11 is 0. The number of hydrogen-bond acceptors (Lipinski definition) is 3. The number of amides is 1. The number of rotatable bonds is 2. The third kappa shape index (κ3) is 3.23. The van der Waals surface area contributed by atoms with Crippen LogP contribution in [0.15, 0.2) is 18.2 Å². The van der Waals surface area contributed by atoms with E-state index >= 15 is 0 Å². The predicted molar refractivity (Wildman–Crippen MR) is 71.2 cm³/mol. The van der Waals surface area contributed by atoms with Crippen molar-refractivity contribution in [2.75, 3.05) is 5.73 Å². The van der Waals surface area contributed by atoms with Gasteiger partial charge in [-0.05, 0) is 25.0 Å². The number of anilines is 1. The Morgan fingerprint density at radius 2 is 2.05 bits per heavy atom. The molecule has 0 heterocycles. The summed E-state index contributed by atoms with van der Waals surface area (Å²) in [5.41, 5.74) is 5.53. The van der Waals surface area contributed by atoms with Crippen LogP contribution < -0.4 is 11.1 Å². The zero-order chi connectivity index (χ0) is 13.8. The molecule has 0 spiro atoms. The molecule has 5 heteroatoms. The lowest BCUT2D eigenvalue weighted by molar-refractivity contribution is 0.0819. The Bertz CT molecular complexity index is 465. The molecule has 4 nitrogen and oxygen atoms in total. The molecular weight excluding hydrogens is 247 g/mol. The summed E-state index contributed by atoms with van der Waals surface area (Å²) in [4.78, 5) is 12.1. The molecular formula is C14H19FN2O2. The number of para-hydroxylation sites is 1. The zero-order valence-corrected chi connectivity index (χ0v) is 10.7. The Labute approximate surface area is 111 Å². The molecule has 104 valence electrons. The maximum absolute atomic E-state index is 13.3. The summed E-state index contributed by atoms with van der Waals surface area (Å²) in [6.07, 6.45) is 3.88. The Morgan fingerprint density at radius 3 is 2.84 bits per heavy atom. The van der Waals surface area contributed by atoms with Gasteiger partial charge in [-0.2, -0.15) is 0 Å². The first-order valence-corrected chi connectivity index (χ1v) is 6.62. The van der Waals surface area contributed by atoms with E-state index in [1.54, 1.807) is 0 Å². The van der Waals surface area contributed by atoms with E-state index in [0.717, 1.165) is 25.7 Å². The fourth-order valence-electron chi connectivity index (χ4n) is 2.44. The van der Waals surface area contributed by atoms with E-state index in [-0.39, 0.29) is 17.3 Å². The van der Waals surface area contributed by atoms with Crippen molar-refractivity contribution >= 4 is 11.6 Å². The molecule has 0 bridgehead atoms. The van der Waals surface area contributed by atoms with Gasteiger partial charge in [0.1, 0.15) is 5.82 Å². The molecule has 1 aromatic carbocycles. The lowest BCUT2D eigenvalue weighted by Crippen LogP contribution is -2.42. The minimum absolute atomic E-state index is 0.122. The number of nitrogens with two attached hydrogens (primary N) is 1. The first-order valence-electron chi connectivity index (χ1n) is 6.62. The summed E-state index contributed by atoms with van der Waals surface area (Å²) in [5, 5.41) is 12.7. The molecule has 2 rings (SSSR count). The molecule has 1 aliphatic carbocycles. The number of carbonyl (C=O) groups excluding carboxylic acids is 1. The lowest BCUT2D eigenvalue weighted by atomic mass is 10.0. The van der Waals surface area contributed by atoms with Crippen LogP contribution in [0.25, 0.3) is 0 Å². The van der Waals surface area contributed by atoms with E-state index in [1.807, 2.05) is 0 Å². The van der Waals surface area contributed by atoms with Crippen molar-refractivity contribution in [3.05, 3.63) is 29.6 Å². The fourth-order valence-corrected chi connectivity index (χ4v) is 2.44. The van der Waals surface area contributed by atoms with Gasteiger partial charge in [-0.25, -0.2) is 4.39 Å². The number of carbonyl (C=O) groups is 1. The largest absolute Gasteiger partial charge is 0.396 e. The van der Waals surface area contributed by atoms with Crippen LogP contribution in [0.4, 0.5) is 10.1 Å². The van der Waals surface area contributed by atoms with E-state index in [2.05, 4.69) is 5.32 Å². The molecule has 1 aliphatic rings. The van der Waals surface area contributed by atoms with Crippen molar-refractivity contribution in [2.24, 2.45) is 0 Å². The van der Waals surface area contributed by atoms with Crippen LogP contribution in [0.3, 0.4) is 0 Å². The molecule has 0 radical (unpaired) electrons. The number of nitrogens with one attached hydrogen (secondary N) is 1. The standard InChI is InChI=1S/C14H19FN2O2/c15-10-6-4-5-9(13(10)16)14(19)17-11-7-2-1-3-8-12(11)18/h4-6,11-12,18H,1-3,7-8,16H2,(H,17,19). The number of nitrogen functional groups attached to an aromatic ring is 1. The second-order valence-electron chi connectivity index (χ2n) is 4.99. The van der Waals surface area contributed by atoms with Crippen LogP contribution in [0.5, 0.6) is 0 Å². The minimum Gasteiger partial charge on any atom is -0.396 e. The maximum Gasteiger partial charge on any atom is 0.253 e. The van der Waals surface area contributed by atoms with Gasteiger partial charge in [0, 0.05) is 0 Å². The van der Waals surface area contributed by atoms with Gasteiger partial charge in [-0.15, -0.1) is 0 Å². The van der Waals surface area contributed by atoms with Gasteiger partial charge >= 0.3 is 0 Å². The van der Waals surface area contributed by atoms with Crippen LogP contribution >= 0.6 is 0 Å². The highest BCUT2D eigenvalue weighted by Crippen LogP contribution is 2.20. The summed E-state index contributed by atoms with van der Waals surface area (Å²) < 4.78 is 13.3. The molecule has 1 aromatic rings. The molecule has 1 fully saturated rings. The Balaban J connectivity index is 2.09. The average molecular weight is 266 g/mol. The van der Waals surface area contributed by atoms with Crippen molar-refractivity contribution in [2.45, 2.75) is 44.2 Å². The third-order valence-electron chi connectivity index (χ3n) is 3.59. The molecule has 1 amide bonds. The van der Waals surface area contributed by atoms with Gasteiger partial charge in [0.05, 0.1) is 23.4 Å². The molecule has 2 unspecified atom stereocenters. The normalized spacial score (nSPS) is 23.7. The first-order chi connectivity index (χ1) is 9.09. The van der Waals surface area contributed by atoms with E-state index < -0.39 is 17.8 Å². The van der Waals surface area contributed by atoms with Gasteiger partial charge in [-0.1, -0.05) is 25.3 Å². The monoisotopic (exact) mass is 266 g/mol. The van der Waals surface area contributed by atoms with Crippen molar-refractivity contribution < 1.29 is 14.3 Å². The Kier molecular flexibility index (Phi) is 4.37. The molecule has 0 aromatic heterocycles. The van der Waals surface area contributed by atoms with Gasteiger partial charge in [-0.3, -0.25) is 4.79 Å². The Hall–Kier alpha value is -1.62. The fraction of sp³-hybridized carbons (Fsp3) is 0.500. The number of hydrogen-bond donors (Lipinski definition) is 3. The van der Waals surface area contributed by atoms with Crippen molar-refractivity contribution in [3.8, 4) is 0 Å². The van der Waals surface area contributed by atoms with Crippen molar-refractivity contribution in [1.29, 1.82) is 0 Å². The first kappa shape index (κ1) is 13.8. The number of aliphatic hydroxyl groups is 1. The molecule has 2 atom stereocenters. The van der Waals surface area contributed by atoms with Crippen molar-refractivity contribution in [3.63, 3.8) is 0 Å². The highest BCUT2D eigenvalue weighted by Gasteiger charge is 2.24. The van der Waals surface area contributed by atoms with Gasteiger partial charge in [0.25, 0.3) is 5.91 Å². The topological polar surface area (TPSA) is 75.4 Å². The van der Waals surface area contributed by atoms with Crippen LogP contribution in [0, 0.1) is 5.82 Å². The number of aliphatic hydroxyl groups excluding tert-OH is 1. The lowest BCUT2D eigenvalue weighted by Gasteiger charge is -2.22. The highest BCUT2D eigenvalue weighted by atomic mass is 19.1. The average Bonchev–Trinajstić information content (AvgIpc) is 2.58. The smallest absolute Gasteiger partial charge is 0.253 e. The molecule has 4 N–H and O–H groups in total. The third-order valence-corrected chi connectivity index (χ3v) is 3.59. The van der Waals surface area contributed by atoms with E-state index in [1.165, 1.54) is 18.2 Å². The second-order valence-corrected chi connectivity index (χ2v) is 4.99. The maximum atomic E-state index is 13.3.